The maximum Gasteiger partial charge on any atom is 0.401 e. The summed E-state index contributed by atoms with van der Waals surface area (Å²) >= 11 is 0. The van der Waals surface area contributed by atoms with Crippen molar-refractivity contribution in [1.29, 1.82) is 0 Å². The summed E-state index contributed by atoms with van der Waals surface area (Å²) in [6.07, 6.45) is -0.135. The average molecular weight is 293 g/mol. The summed E-state index contributed by atoms with van der Waals surface area (Å²) in [4.78, 5) is 13.4. The Kier molecular flexibility index (Phi) is 4.59. The molecule has 1 amide bonds. The molecule has 1 atom stereocenters. The fourth-order valence-electron chi connectivity index (χ4n) is 3.12. The molecule has 1 unspecified atom stereocenters. The van der Waals surface area contributed by atoms with Crippen LogP contribution in [0.4, 0.5) is 13.2 Å². The molecule has 4 nitrogen and oxygen atoms in total. The molecule has 0 aromatic rings. The number of halogens is 3. The van der Waals surface area contributed by atoms with E-state index in [0.29, 0.717) is 38.9 Å². The largest absolute Gasteiger partial charge is 0.401 e. The summed E-state index contributed by atoms with van der Waals surface area (Å²) in [5, 5.41) is 2.82. The molecule has 20 heavy (non-hydrogen) atoms. The lowest BCUT2D eigenvalue weighted by atomic mass is 9.97. The average Bonchev–Trinajstić information content (AvgIpc) is 2.94. The number of hydrogen-bond donors (Lipinski definition) is 2. The van der Waals surface area contributed by atoms with E-state index in [4.69, 9.17) is 5.73 Å². The second kappa shape index (κ2) is 5.89. The summed E-state index contributed by atoms with van der Waals surface area (Å²) in [5.41, 5.74) is 5.27. The molecule has 1 aliphatic carbocycles. The first kappa shape index (κ1) is 15.6. The van der Waals surface area contributed by atoms with Gasteiger partial charge in [0.2, 0.25) is 5.91 Å². The minimum absolute atomic E-state index is 0.0892. The standard InChI is InChI=1S/C13H22F3N3O/c14-13(15,16)9-19-6-3-10(8-19)7-18-11(20)12(17)4-1-2-5-12/h10H,1-9,17H2,(H,18,20). The Labute approximate surface area is 116 Å². The third-order valence-electron chi connectivity index (χ3n) is 4.27. The Hall–Kier alpha value is -0.820. The van der Waals surface area contributed by atoms with Crippen LogP contribution in [-0.2, 0) is 4.79 Å². The first-order valence-corrected chi connectivity index (χ1v) is 7.15. The van der Waals surface area contributed by atoms with Crippen LogP contribution in [-0.4, -0.2) is 48.7 Å². The van der Waals surface area contributed by atoms with Crippen molar-refractivity contribution in [3.63, 3.8) is 0 Å². The Morgan fingerprint density at radius 1 is 1.35 bits per heavy atom. The van der Waals surface area contributed by atoms with Crippen molar-refractivity contribution < 1.29 is 18.0 Å². The van der Waals surface area contributed by atoms with Gasteiger partial charge in [0.15, 0.2) is 0 Å². The molecular weight excluding hydrogens is 271 g/mol. The zero-order chi connectivity index (χ0) is 14.8. The van der Waals surface area contributed by atoms with E-state index in [0.717, 1.165) is 12.8 Å². The predicted octanol–water partition coefficient (Wildman–Crippen LogP) is 1.26. The quantitative estimate of drug-likeness (QED) is 0.820. The number of alkyl halides is 3. The van der Waals surface area contributed by atoms with Gasteiger partial charge < -0.3 is 11.1 Å². The normalized spacial score (nSPS) is 26.9. The maximum absolute atomic E-state index is 12.3. The lowest BCUT2D eigenvalue weighted by Gasteiger charge is -2.23. The van der Waals surface area contributed by atoms with E-state index in [9.17, 15) is 18.0 Å². The van der Waals surface area contributed by atoms with Gasteiger partial charge in [-0.15, -0.1) is 0 Å². The lowest BCUT2D eigenvalue weighted by molar-refractivity contribution is -0.143. The molecule has 2 fully saturated rings. The summed E-state index contributed by atoms with van der Waals surface area (Å²) < 4.78 is 36.8. The number of hydrogen-bond acceptors (Lipinski definition) is 3. The molecule has 1 aliphatic heterocycles. The van der Waals surface area contributed by atoms with Gasteiger partial charge in [-0.05, 0) is 31.7 Å². The van der Waals surface area contributed by atoms with E-state index in [1.807, 2.05) is 0 Å². The van der Waals surface area contributed by atoms with Crippen molar-refractivity contribution in [3.8, 4) is 0 Å². The molecule has 1 heterocycles. The Morgan fingerprint density at radius 2 is 2.00 bits per heavy atom. The summed E-state index contributed by atoms with van der Waals surface area (Å²) in [6, 6.07) is 0. The van der Waals surface area contributed by atoms with Crippen molar-refractivity contribution >= 4 is 5.91 Å². The predicted molar refractivity (Wildman–Crippen MR) is 69.0 cm³/mol. The van der Waals surface area contributed by atoms with Gasteiger partial charge in [0.25, 0.3) is 0 Å². The van der Waals surface area contributed by atoms with E-state index < -0.39 is 18.3 Å². The fourth-order valence-corrected chi connectivity index (χ4v) is 3.12. The topological polar surface area (TPSA) is 58.4 Å². The van der Waals surface area contributed by atoms with Crippen LogP contribution in [0.5, 0.6) is 0 Å². The summed E-state index contributed by atoms with van der Waals surface area (Å²) in [6.45, 7) is 0.385. The number of likely N-dealkylation sites (tertiary alicyclic amines) is 1. The summed E-state index contributed by atoms with van der Waals surface area (Å²) in [5.74, 6) is -0.0597. The van der Waals surface area contributed by atoms with Gasteiger partial charge in [-0.2, -0.15) is 13.2 Å². The van der Waals surface area contributed by atoms with Crippen molar-refractivity contribution in [2.24, 2.45) is 11.7 Å². The highest BCUT2D eigenvalue weighted by atomic mass is 19.4. The monoisotopic (exact) mass is 293 g/mol. The van der Waals surface area contributed by atoms with Crippen LogP contribution in [0.25, 0.3) is 0 Å². The molecule has 0 bridgehead atoms. The van der Waals surface area contributed by atoms with Crippen LogP contribution in [0.2, 0.25) is 0 Å². The van der Waals surface area contributed by atoms with Gasteiger partial charge in [0.05, 0.1) is 12.1 Å². The second-order valence-corrected chi connectivity index (χ2v) is 6.08. The van der Waals surface area contributed by atoms with Gasteiger partial charge >= 0.3 is 6.18 Å². The van der Waals surface area contributed by atoms with Crippen LogP contribution in [0.3, 0.4) is 0 Å². The summed E-state index contributed by atoms with van der Waals surface area (Å²) in [7, 11) is 0. The number of carbonyl (C=O) groups is 1. The smallest absolute Gasteiger partial charge is 0.354 e. The first-order chi connectivity index (χ1) is 9.28. The van der Waals surface area contributed by atoms with E-state index >= 15 is 0 Å². The van der Waals surface area contributed by atoms with Crippen molar-refractivity contribution in [3.05, 3.63) is 0 Å². The molecule has 7 heteroatoms. The SMILES string of the molecule is NC1(C(=O)NCC2CCN(CC(F)(F)F)C2)CCCC1. The molecule has 0 spiro atoms. The zero-order valence-electron chi connectivity index (χ0n) is 11.5. The van der Waals surface area contributed by atoms with Crippen LogP contribution in [0.15, 0.2) is 0 Å². The molecule has 1 saturated heterocycles. The molecule has 0 aromatic carbocycles. The number of nitrogens with one attached hydrogen (secondary N) is 1. The van der Waals surface area contributed by atoms with Crippen molar-refractivity contribution in [1.82, 2.24) is 10.2 Å². The van der Waals surface area contributed by atoms with Gasteiger partial charge in [-0.3, -0.25) is 9.69 Å². The van der Waals surface area contributed by atoms with Crippen LogP contribution in [0, 0.1) is 5.92 Å². The van der Waals surface area contributed by atoms with Crippen molar-refractivity contribution in [2.45, 2.75) is 43.8 Å². The van der Waals surface area contributed by atoms with E-state index in [1.54, 1.807) is 0 Å². The number of rotatable bonds is 4. The van der Waals surface area contributed by atoms with Crippen LogP contribution in [0.1, 0.15) is 32.1 Å². The third kappa shape index (κ3) is 4.09. The molecule has 2 aliphatic rings. The highest BCUT2D eigenvalue weighted by Gasteiger charge is 2.38. The molecule has 3 N–H and O–H groups in total. The number of nitrogens with two attached hydrogens (primary N) is 1. The molecule has 0 radical (unpaired) electrons. The van der Waals surface area contributed by atoms with E-state index in [1.165, 1.54) is 4.90 Å². The number of nitrogens with zero attached hydrogens (tertiary/aromatic N) is 1. The van der Waals surface area contributed by atoms with Gasteiger partial charge in [-0.1, -0.05) is 12.8 Å². The number of carbonyl (C=O) groups excluding carboxylic acids is 1. The van der Waals surface area contributed by atoms with E-state index in [-0.39, 0.29) is 11.8 Å². The van der Waals surface area contributed by atoms with Crippen molar-refractivity contribution in [2.75, 3.05) is 26.2 Å². The molecule has 116 valence electrons. The number of amides is 1. The van der Waals surface area contributed by atoms with Gasteiger partial charge in [-0.25, -0.2) is 0 Å². The van der Waals surface area contributed by atoms with Crippen LogP contribution < -0.4 is 11.1 Å². The maximum atomic E-state index is 12.3. The minimum Gasteiger partial charge on any atom is -0.354 e. The molecule has 1 saturated carbocycles. The highest BCUT2D eigenvalue weighted by molar-refractivity contribution is 5.86. The Bertz CT molecular complexity index is 353. The van der Waals surface area contributed by atoms with Gasteiger partial charge in [0, 0.05) is 13.1 Å². The molecule has 2 rings (SSSR count). The lowest BCUT2D eigenvalue weighted by Crippen LogP contribution is -2.52. The second-order valence-electron chi connectivity index (χ2n) is 6.08. The first-order valence-electron chi connectivity index (χ1n) is 7.15. The van der Waals surface area contributed by atoms with Crippen LogP contribution >= 0.6 is 0 Å². The highest BCUT2D eigenvalue weighted by Crippen LogP contribution is 2.27. The molecule has 0 aromatic heterocycles. The minimum atomic E-state index is -4.15. The third-order valence-corrected chi connectivity index (χ3v) is 4.27. The van der Waals surface area contributed by atoms with Gasteiger partial charge in [0.1, 0.15) is 0 Å². The fraction of sp³-hybridized carbons (Fsp3) is 0.923. The Morgan fingerprint density at radius 3 is 2.60 bits per heavy atom. The Balaban J connectivity index is 1.72. The zero-order valence-corrected chi connectivity index (χ0v) is 11.5. The molecular formula is C13H22F3N3O. The van der Waals surface area contributed by atoms with E-state index in [2.05, 4.69) is 5.32 Å².